The average Bonchev–Trinajstić information content (AvgIpc) is 3.08. The van der Waals surface area contributed by atoms with Crippen LogP contribution in [0.4, 0.5) is 0 Å². The highest BCUT2D eigenvalue weighted by atomic mass is 35.5. The first kappa shape index (κ1) is 11.9. The minimum Gasteiger partial charge on any atom is -0.372 e. The minimum absolute atomic E-state index is 0.0163. The Hall–Kier alpha value is -0.570. The molecule has 1 unspecified atom stereocenters. The summed E-state index contributed by atoms with van der Waals surface area (Å²) in [5, 5.41) is 0.738. The van der Waals surface area contributed by atoms with E-state index < -0.39 is 0 Å². The Labute approximate surface area is 102 Å². The normalized spacial score (nSPS) is 17.4. The second kappa shape index (κ2) is 5.67. The van der Waals surface area contributed by atoms with E-state index in [9.17, 15) is 0 Å². The standard InChI is InChI=1S/C13H18ClNO/c14-12-3-1-2-11(8-12)13(9-15)16-7-6-10-4-5-10/h1-3,8,10,13H,4-7,9,15H2. The van der Waals surface area contributed by atoms with Crippen LogP contribution in [0.1, 0.15) is 30.9 Å². The average molecular weight is 240 g/mol. The smallest absolute Gasteiger partial charge is 0.0947 e. The van der Waals surface area contributed by atoms with E-state index in [0.29, 0.717) is 6.54 Å². The molecule has 1 aromatic carbocycles. The third-order valence-electron chi connectivity index (χ3n) is 2.98. The van der Waals surface area contributed by atoms with Gasteiger partial charge in [0.15, 0.2) is 0 Å². The molecule has 2 N–H and O–H groups in total. The third-order valence-corrected chi connectivity index (χ3v) is 3.21. The number of hydrogen-bond donors (Lipinski definition) is 1. The lowest BCUT2D eigenvalue weighted by molar-refractivity contribution is 0.0545. The molecule has 0 aliphatic heterocycles. The van der Waals surface area contributed by atoms with Crippen LogP contribution in [0.15, 0.2) is 24.3 Å². The number of nitrogens with two attached hydrogens (primary N) is 1. The lowest BCUT2D eigenvalue weighted by Crippen LogP contribution is -2.16. The van der Waals surface area contributed by atoms with E-state index in [4.69, 9.17) is 22.1 Å². The van der Waals surface area contributed by atoms with Crippen molar-refractivity contribution in [3.63, 3.8) is 0 Å². The fraction of sp³-hybridized carbons (Fsp3) is 0.538. The summed E-state index contributed by atoms with van der Waals surface area (Å²) in [5.41, 5.74) is 6.79. The second-order valence-electron chi connectivity index (χ2n) is 4.38. The first-order valence-electron chi connectivity index (χ1n) is 5.86. The van der Waals surface area contributed by atoms with Crippen LogP contribution in [0, 0.1) is 5.92 Å². The molecule has 0 radical (unpaired) electrons. The van der Waals surface area contributed by atoms with Gasteiger partial charge in [0.25, 0.3) is 0 Å². The molecular weight excluding hydrogens is 222 g/mol. The Morgan fingerprint density at radius 1 is 1.44 bits per heavy atom. The fourth-order valence-electron chi connectivity index (χ4n) is 1.79. The molecule has 1 aliphatic rings. The van der Waals surface area contributed by atoms with Crippen molar-refractivity contribution in [1.82, 2.24) is 0 Å². The number of hydrogen-bond acceptors (Lipinski definition) is 2. The van der Waals surface area contributed by atoms with E-state index in [1.807, 2.05) is 24.3 Å². The van der Waals surface area contributed by atoms with Crippen molar-refractivity contribution in [2.75, 3.05) is 13.2 Å². The summed E-state index contributed by atoms with van der Waals surface area (Å²) in [4.78, 5) is 0. The van der Waals surface area contributed by atoms with Gasteiger partial charge in [-0.25, -0.2) is 0 Å². The molecule has 0 spiro atoms. The largest absolute Gasteiger partial charge is 0.372 e. The zero-order valence-corrected chi connectivity index (χ0v) is 10.1. The third kappa shape index (κ3) is 3.48. The summed E-state index contributed by atoms with van der Waals surface area (Å²) >= 11 is 5.94. The molecule has 1 atom stereocenters. The molecule has 1 aromatic rings. The van der Waals surface area contributed by atoms with Crippen LogP contribution in [0.2, 0.25) is 5.02 Å². The predicted octanol–water partition coefficient (Wildman–Crippen LogP) is 3.16. The Morgan fingerprint density at radius 2 is 2.25 bits per heavy atom. The van der Waals surface area contributed by atoms with Gasteiger partial charge in [0.05, 0.1) is 6.10 Å². The van der Waals surface area contributed by atoms with Crippen LogP contribution >= 0.6 is 11.6 Å². The maximum atomic E-state index is 5.94. The van der Waals surface area contributed by atoms with E-state index in [2.05, 4.69) is 0 Å². The summed E-state index contributed by atoms with van der Waals surface area (Å²) < 4.78 is 5.80. The van der Waals surface area contributed by atoms with Gasteiger partial charge < -0.3 is 10.5 Å². The number of rotatable bonds is 6. The van der Waals surface area contributed by atoms with Gasteiger partial charge >= 0.3 is 0 Å². The van der Waals surface area contributed by atoms with E-state index >= 15 is 0 Å². The van der Waals surface area contributed by atoms with Crippen LogP contribution in [-0.4, -0.2) is 13.2 Å². The quantitative estimate of drug-likeness (QED) is 0.828. The van der Waals surface area contributed by atoms with E-state index in [1.165, 1.54) is 12.8 Å². The molecule has 2 nitrogen and oxygen atoms in total. The van der Waals surface area contributed by atoms with Crippen molar-refractivity contribution >= 4 is 11.6 Å². The van der Waals surface area contributed by atoms with Gasteiger partial charge in [0, 0.05) is 18.2 Å². The van der Waals surface area contributed by atoms with Gasteiger partial charge in [-0.15, -0.1) is 0 Å². The zero-order chi connectivity index (χ0) is 11.4. The van der Waals surface area contributed by atoms with Gasteiger partial charge in [-0.05, 0) is 30.0 Å². The van der Waals surface area contributed by atoms with Gasteiger partial charge in [-0.2, -0.15) is 0 Å². The van der Waals surface area contributed by atoms with Crippen molar-refractivity contribution in [3.8, 4) is 0 Å². The van der Waals surface area contributed by atoms with Crippen molar-refractivity contribution < 1.29 is 4.74 Å². The maximum absolute atomic E-state index is 5.94. The van der Waals surface area contributed by atoms with Crippen molar-refractivity contribution in [3.05, 3.63) is 34.9 Å². The minimum atomic E-state index is -0.0163. The van der Waals surface area contributed by atoms with Gasteiger partial charge in [0.1, 0.15) is 0 Å². The number of benzene rings is 1. The van der Waals surface area contributed by atoms with Crippen molar-refractivity contribution in [2.45, 2.75) is 25.4 Å². The molecule has 1 fully saturated rings. The van der Waals surface area contributed by atoms with Crippen molar-refractivity contribution in [1.29, 1.82) is 0 Å². The van der Waals surface area contributed by atoms with Crippen molar-refractivity contribution in [2.24, 2.45) is 11.7 Å². The molecule has 88 valence electrons. The van der Waals surface area contributed by atoms with Crippen LogP contribution in [-0.2, 0) is 4.74 Å². The Kier molecular flexibility index (Phi) is 4.22. The van der Waals surface area contributed by atoms with Crippen LogP contribution in [0.3, 0.4) is 0 Å². The predicted molar refractivity (Wildman–Crippen MR) is 66.5 cm³/mol. The fourth-order valence-corrected chi connectivity index (χ4v) is 1.99. The molecule has 0 aromatic heterocycles. The molecule has 0 amide bonds. The van der Waals surface area contributed by atoms with Gasteiger partial charge in [-0.1, -0.05) is 36.6 Å². The first-order valence-corrected chi connectivity index (χ1v) is 6.24. The monoisotopic (exact) mass is 239 g/mol. The lowest BCUT2D eigenvalue weighted by Gasteiger charge is -2.16. The molecule has 3 heteroatoms. The summed E-state index contributed by atoms with van der Waals surface area (Å²) in [7, 11) is 0. The highest BCUT2D eigenvalue weighted by Crippen LogP contribution is 2.32. The Balaban J connectivity index is 1.87. The van der Waals surface area contributed by atoms with Crippen LogP contribution in [0.25, 0.3) is 0 Å². The first-order chi connectivity index (χ1) is 7.79. The topological polar surface area (TPSA) is 35.2 Å². The molecule has 1 aliphatic carbocycles. The molecular formula is C13H18ClNO. The SMILES string of the molecule is NCC(OCCC1CC1)c1cccc(Cl)c1. The van der Waals surface area contributed by atoms with E-state index in [-0.39, 0.29) is 6.10 Å². The molecule has 16 heavy (non-hydrogen) atoms. The molecule has 0 bridgehead atoms. The van der Waals surface area contributed by atoms with Crippen LogP contribution < -0.4 is 5.73 Å². The lowest BCUT2D eigenvalue weighted by atomic mass is 10.1. The van der Waals surface area contributed by atoms with Crippen LogP contribution in [0.5, 0.6) is 0 Å². The maximum Gasteiger partial charge on any atom is 0.0947 e. The Bertz CT molecular complexity index is 338. The molecule has 0 saturated heterocycles. The number of halogens is 1. The summed E-state index contributed by atoms with van der Waals surface area (Å²) in [6.07, 6.45) is 3.89. The zero-order valence-electron chi connectivity index (χ0n) is 9.36. The van der Waals surface area contributed by atoms with E-state index in [0.717, 1.165) is 29.5 Å². The molecule has 1 saturated carbocycles. The number of ether oxygens (including phenoxy) is 1. The Morgan fingerprint density at radius 3 is 2.88 bits per heavy atom. The van der Waals surface area contributed by atoms with E-state index in [1.54, 1.807) is 0 Å². The summed E-state index contributed by atoms with van der Waals surface area (Å²) in [6, 6.07) is 7.74. The van der Waals surface area contributed by atoms with Gasteiger partial charge in [0.2, 0.25) is 0 Å². The summed E-state index contributed by atoms with van der Waals surface area (Å²) in [5.74, 6) is 0.901. The highest BCUT2D eigenvalue weighted by Gasteiger charge is 2.21. The van der Waals surface area contributed by atoms with Gasteiger partial charge in [-0.3, -0.25) is 0 Å². The highest BCUT2D eigenvalue weighted by molar-refractivity contribution is 6.30. The summed E-state index contributed by atoms with van der Waals surface area (Å²) in [6.45, 7) is 1.31. The second-order valence-corrected chi connectivity index (χ2v) is 4.82. The molecule has 2 rings (SSSR count). The molecule has 0 heterocycles.